The summed E-state index contributed by atoms with van der Waals surface area (Å²) in [6.45, 7) is 7.14. The van der Waals surface area contributed by atoms with Gasteiger partial charge in [-0.05, 0) is 24.2 Å². The highest BCUT2D eigenvalue weighted by molar-refractivity contribution is 5.91. The van der Waals surface area contributed by atoms with Crippen molar-refractivity contribution in [1.29, 1.82) is 0 Å². The number of carbonyl (C=O) groups excluding carboxylic acids is 1. The zero-order valence-electron chi connectivity index (χ0n) is 8.76. The zero-order chi connectivity index (χ0) is 9.85. The number of nitrogens with two attached hydrogens (primary N) is 1. The van der Waals surface area contributed by atoms with Gasteiger partial charge in [0.05, 0.1) is 0 Å². The van der Waals surface area contributed by atoms with Gasteiger partial charge in [0.25, 0.3) is 0 Å². The molecule has 74 valence electrons. The van der Waals surface area contributed by atoms with Gasteiger partial charge in [0.2, 0.25) is 0 Å². The number of ketones is 1. The number of carbonyl (C=O) groups is 1. The van der Waals surface area contributed by atoms with Gasteiger partial charge in [0.15, 0.2) is 0 Å². The van der Waals surface area contributed by atoms with Crippen molar-refractivity contribution in [2.45, 2.75) is 33.6 Å². The first-order valence-electron chi connectivity index (χ1n) is 5.19. The summed E-state index contributed by atoms with van der Waals surface area (Å²) in [6.07, 6.45) is 2.26. The van der Waals surface area contributed by atoms with Crippen LogP contribution in [0, 0.1) is 22.7 Å². The number of hydrogen-bond donors (Lipinski definition) is 1. The van der Waals surface area contributed by atoms with Crippen LogP contribution in [-0.2, 0) is 4.79 Å². The lowest BCUT2D eigenvalue weighted by Crippen LogP contribution is -2.35. The Hall–Kier alpha value is -0.370. The molecule has 0 spiro atoms. The van der Waals surface area contributed by atoms with Crippen molar-refractivity contribution in [3.8, 4) is 0 Å². The maximum atomic E-state index is 12.1. The first-order chi connectivity index (χ1) is 5.95. The SMILES string of the molecule is CC12CCC(C(CN)C1=O)C2(C)C. The van der Waals surface area contributed by atoms with E-state index in [-0.39, 0.29) is 16.7 Å². The molecule has 2 saturated carbocycles. The van der Waals surface area contributed by atoms with Crippen LogP contribution >= 0.6 is 0 Å². The van der Waals surface area contributed by atoms with Gasteiger partial charge in [-0.25, -0.2) is 0 Å². The van der Waals surface area contributed by atoms with E-state index in [1.165, 1.54) is 6.42 Å². The summed E-state index contributed by atoms with van der Waals surface area (Å²) >= 11 is 0. The Kier molecular flexibility index (Phi) is 1.66. The minimum Gasteiger partial charge on any atom is -0.330 e. The average Bonchev–Trinajstić information content (AvgIpc) is 2.36. The van der Waals surface area contributed by atoms with Crippen LogP contribution in [0.5, 0.6) is 0 Å². The van der Waals surface area contributed by atoms with Crippen LogP contribution < -0.4 is 5.73 Å². The van der Waals surface area contributed by atoms with Gasteiger partial charge in [0.1, 0.15) is 5.78 Å². The molecule has 0 amide bonds. The molecule has 2 bridgehead atoms. The fraction of sp³-hybridized carbons (Fsp3) is 0.909. The summed E-state index contributed by atoms with van der Waals surface area (Å²) < 4.78 is 0. The fourth-order valence-corrected chi connectivity index (χ4v) is 3.54. The average molecular weight is 181 g/mol. The predicted octanol–water partition coefficient (Wildman–Crippen LogP) is 1.59. The van der Waals surface area contributed by atoms with E-state index in [1.807, 2.05) is 0 Å². The molecule has 0 aromatic rings. The number of Topliss-reactive ketones (excluding diaryl/α,β-unsaturated/α-hetero) is 1. The molecule has 0 radical (unpaired) electrons. The van der Waals surface area contributed by atoms with Crippen molar-refractivity contribution in [2.75, 3.05) is 6.54 Å². The second-order valence-corrected chi connectivity index (χ2v) is 5.41. The van der Waals surface area contributed by atoms with E-state index in [2.05, 4.69) is 20.8 Å². The molecule has 0 aliphatic heterocycles. The summed E-state index contributed by atoms with van der Waals surface area (Å²) in [5, 5.41) is 0. The second kappa shape index (κ2) is 2.35. The van der Waals surface area contributed by atoms with Crippen molar-refractivity contribution in [1.82, 2.24) is 0 Å². The van der Waals surface area contributed by atoms with Crippen LogP contribution in [0.3, 0.4) is 0 Å². The second-order valence-electron chi connectivity index (χ2n) is 5.41. The lowest BCUT2D eigenvalue weighted by molar-refractivity contribution is -0.131. The van der Waals surface area contributed by atoms with Gasteiger partial charge in [0, 0.05) is 17.9 Å². The number of hydrogen-bond acceptors (Lipinski definition) is 2. The van der Waals surface area contributed by atoms with Crippen molar-refractivity contribution >= 4 is 5.78 Å². The highest BCUT2D eigenvalue weighted by atomic mass is 16.1. The van der Waals surface area contributed by atoms with Crippen LogP contribution in [0.25, 0.3) is 0 Å². The topological polar surface area (TPSA) is 43.1 Å². The maximum absolute atomic E-state index is 12.1. The molecule has 2 rings (SSSR count). The summed E-state index contributed by atoms with van der Waals surface area (Å²) in [4.78, 5) is 12.1. The quantitative estimate of drug-likeness (QED) is 0.667. The Bertz CT molecular complexity index is 259. The third kappa shape index (κ3) is 0.804. The first-order valence-corrected chi connectivity index (χ1v) is 5.19. The smallest absolute Gasteiger partial charge is 0.143 e. The summed E-state index contributed by atoms with van der Waals surface area (Å²) in [7, 11) is 0. The summed E-state index contributed by atoms with van der Waals surface area (Å²) in [6, 6.07) is 0. The first kappa shape index (κ1) is 9.20. The van der Waals surface area contributed by atoms with E-state index in [4.69, 9.17) is 5.73 Å². The molecule has 2 heteroatoms. The van der Waals surface area contributed by atoms with E-state index in [9.17, 15) is 4.79 Å². The molecular weight excluding hydrogens is 162 g/mol. The van der Waals surface area contributed by atoms with Crippen LogP contribution in [0.15, 0.2) is 0 Å². The lowest BCUT2D eigenvalue weighted by Gasteiger charge is -2.32. The molecule has 2 fully saturated rings. The Morgan fingerprint density at radius 2 is 2.08 bits per heavy atom. The molecular formula is C11H19NO. The monoisotopic (exact) mass is 181 g/mol. The highest BCUT2D eigenvalue weighted by Crippen LogP contribution is 2.65. The summed E-state index contributed by atoms with van der Waals surface area (Å²) in [5.74, 6) is 1.11. The van der Waals surface area contributed by atoms with Gasteiger partial charge in [-0.2, -0.15) is 0 Å². The van der Waals surface area contributed by atoms with Crippen molar-refractivity contribution < 1.29 is 4.79 Å². The molecule has 3 unspecified atom stereocenters. The Morgan fingerprint density at radius 3 is 2.38 bits per heavy atom. The summed E-state index contributed by atoms with van der Waals surface area (Å²) in [5.41, 5.74) is 5.76. The molecule has 0 saturated heterocycles. The van der Waals surface area contributed by atoms with Crippen molar-refractivity contribution in [3.63, 3.8) is 0 Å². The third-order valence-corrected chi connectivity index (χ3v) is 4.92. The van der Waals surface area contributed by atoms with Crippen molar-refractivity contribution in [3.05, 3.63) is 0 Å². The number of fused-ring (bicyclic) bond motifs is 2. The normalized spacial score (nSPS) is 47.2. The largest absolute Gasteiger partial charge is 0.330 e. The Balaban J connectivity index is 2.44. The minimum absolute atomic E-state index is 0.0816. The maximum Gasteiger partial charge on any atom is 0.143 e. The molecule has 3 atom stereocenters. The van der Waals surface area contributed by atoms with Gasteiger partial charge in [-0.1, -0.05) is 20.8 Å². The molecule has 13 heavy (non-hydrogen) atoms. The molecule has 2 N–H and O–H groups in total. The highest BCUT2D eigenvalue weighted by Gasteiger charge is 2.65. The number of rotatable bonds is 1. The predicted molar refractivity (Wildman–Crippen MR) is 52.2 cm³/mol. The third-order valence-electron chi connectivity index (χ3n) is 4.92. The van der Waals surface area contributed by atoms with Gasteiger partial charge < -0.3 is 5.73 Å². The molecule has 0 aromatic carbocycles. The van der Waals surface area contributed by atoms with Gasteiger partial charge in [-0.3, -0.25) is 4.79 Å². The van der Waals surface area contributed by atoms with Crippen LogP contribution in [0.4, 0.5) is 0 Å². The standard InChI is InChI=1S/C11H19NO/c1-10(2)8-4-5-11(10,3)9(13)7(8)6-12/h7-8H,4-6,12H2,1-3H3. The zero-order valence-corrected chi connectivity index (χ0v) is 8.76. The molecule has 2 nitrogen and oxygen atoms in total. The van der Waals surface area contributed by atoms with Crippen LogP contribution in [0.1, 0.15) is 33.6 Å². The molecule has 2 aliphatic rings. The van der Waals surface area contributed by atoms with E-state index in [0.29, 0.717) is 18.2 Å². The Labute approximate surface area is 79.9 Å². The van der Waals surface area contributed by atoms with E-state index >= 15 is 0 Å². The van der Waals surface area contributed by atoms with Crippen LogP contribution in [-0.4, -0.2) is 12.3 Å². The van der Waals surface area contributed by atoms with Crippen LogP contribution in [0.2, 0.25) is 0 Å². The van der Waals surface area contributed by atoms with E-state index in [1.54, 1.807) is 0 Å². The lowest BCUT2D eigenvalue weighted by atomic mass is 9.70. The molecule has 0 heterocycles. The van der Waals surface area contributed by atoms with Gasteiger partial charge in [-0.15, -0.1) is 0 Å². The van der Waals surface area contributed by atoms with E-state index in [0.717, 1.165) is 6.42 Å². The van der Waals surface area contributed by atoms with Crippen molar-refractivity contribution in [2.24, 2.45) is 28.4 Å². The molecule has 0 aromatic heterocycles. The Morgan fingerprint density at radius 1 is 1.46 bits per heavy atom. The van der Waals surface area contributed by atoms with E-state index < -0.39 is 0 Å². The molecule has 2 aliphatic carbocycles. The minimum atomic E-state index is -0.0816. The van der Waals surface area contributed by atoms with Gasteiger partial charge >= 0.3 is 0 Å². The fourth-order valence-electron chi connectivity index (χ4n) is 3.54.